The van der Waals surface area contributed by atoms with Crippen LogP contribution in [0.15, 0.2) is 0 Å². The van der Waals surface area contributed by atoms with E-state index in [0.29, 0.717) is 5.92 Å². The fourth-order valence-electron chi connectivity index (χ4n) is 0.636. The van der Waals surface area contributed by atoms with Crippen molar-refractivity contribution in [2.24, 2.45) is 5.92 Å². The maximum Gasteiger partial charge on any atom is 0.104 e. The Labute approximate surface area is 57.3 Å². The number of aliphatic hydroxyl groups excluding tert-OH is 1. The van der Waals surface area contributed by atoms with Crippen LogP contribution in [0.3, 0.4) is 0 Å². The Morgan fingerprint density at radius 3 is 2.22 bits per heavy atom. The zero-order valence-electron chi connectivity index (χ0n) is 6.52. The Balaban J connectivity index is 3.06. The Bertz CT molecular complexity index is 63.9. The molecule has 0 bridgehead atoms. The van der Waals surface area contributed by atoms with Gasteiger partial charge in [0.1, 0.15) is 6.23 Å². The first-order valence-corrected chi connectivity index (χ1v) is 3.52. The second kappa shape index (κ2) is 4.77. The largest absolute Gasteiger partial charge is 0.379 e. The van der Waals surface area contributed by atoms with Crippen molar-refractivity contribution in [2.75, 3.05) is 7.05 Å². The highest BCUT2D eigenvalue weighted by molar-refractivity contribution is 4.51. The smallest absolute Gasteiger partial charge is 0.104 e. The van der Waals surface area contributed by atoms with Gasteiger partial charge in [0.2, 0.25) is 0 Å². The van der Waals surface area contributed by atoms with E-state index in [0.717, 1.165) is 12.8 Å². The van der Waals surface area contributed by atoms with Crippen molar-refractivity contribution >= 4 is 0 Å². The first-order valence-electron chi connectivity index (χ1n) is 3.52. The van der Waals surface area contributed by atoms with Crippen LogP contribution in [0.1, 0.15) is 26.7 Å². The minimum Gasteiger partial charge on any atom is -0.379 e. The molecule has 0 aliphatic rings. The molecule has 0 rings (SSSR count). The van der Waals surface area contributed by atoms with Crippen LogP contribution in [-0.4, -0.2) is 18.4 Å². The molecule has 0 fully saturated rings. The second-order valence-electron chi connectivity index (χ2n) is 2.78. The fourth-order valence-corrected chi connectivity index (χ4v) is 0.636. The van der Waals surface area contributed by atoms with Gasteiger partial charge in [0.25, 0.3) is 0 Å². The standard InChI is InChI=1S/C7H17NO/c1-6(2)4-5-7(9)8-3/h6-9H,4-5H2,1-3H3/t7-/m0/s1. The summed E-state index contributed by atoms with van der Waals surface area (Å²) in [6.07, 6.45) is 1.63. The molecule has 56 valence electrons. The number of nitrogens with one attached hydrogen (secondary N) is 1. The van der Waals surface area contributed by atoms with Crippen molar-refractivity contribution in [1.29, 1.82) is 0 Å². The van der Waals surface area contributed by atoms with Crippen molar-refractivity contribution in [3.8, 4) is 0 Å². The van der Waals surface area contributed by atoms with Crippen LogP contribution in [-0.2, 0) is 0 Å². The van der Waals surface area contributed by atoms with E-state index in [1.165, 1.54) is 0 Å². The molecule has 0 aromatic carbocycles. The summed E-state index contributed by atoms with van der Waals surface area (Å²) in [5.74, 6) is 0.688. The van der Waals surface area contributed by atoms with E-state index in [9.17, 15) is 0 Å². The van der Waals surface area contributed by atoms with E-state index >= 15 is 0 Å². The molecule has 0 radical (unpaired) electrons. The maximum atomic E-state index is 9.00. The van der Waals surface area contributed by atoms with Gasteiger partial charge in [-0.05, 0) is 25.8 Å². The van der Waals surface area contributed by atoms with Crippen LogP contribution >= 0.6 is 0 Å². The second-order valence-corrected chi connectivity index (χ2v) is 2.78. The summed E-state index contributed by atoms with van der Waals surface area (Å²) in [6.45, 7) is 4.31. The molecule has 2 N–H and O–H groups in total. The molecule has 2 heteroatoms. The van der Waals surface area contributed by atoms with Crippen molar-refractivity contribution in [1.82, 2.24) is 5.32 Å². The molecule has 0 unspecified atom stereocenters. The van der Waals surface area contributed by atoms with Gasteiger partial charge in [-0.2, -0.15) is 0 Å². The average Bonchev–Trinajstić information content (AvgIpc) is 1.83. The molecule has 9 heavy (non-hydrogen) atoms. The van der Waals surface area contributed by atoms with Gasteiger partial charge in [0.15, 0.2) is 0 Å². The molecule has 0 aromatic rings. The highest BCUT2D eigenvalue weighted by Crippen LogP contribution is 2.04. The molecule has 0 spiro atoms. The van der Waals surface area contributed by atoms with Gasteiger partial charge >= 0.3 is 0 Å². The van der Waals surface area contributed by atoms with Gasteiger partial charge < -0.3 is 5.11 Å². The minimum atomic E-state index is -0.313. The predicted molar refractivity (Wildman–Crippen MR) is 39.1 cm³/mol. The topological polar surface area (TPSA) is 32.3 Å². The van der Waals surface area contributed by atoms with Crippen LogP contribution in [0.4, 0.5) is 0 Å². The molecule has 1 atom stereocenters. The van der Waals surface area contributed by atoms with E-state index in [-0.39, 0.29) is 6.23 Å². The van der Waals surface area contributed by atoms with E-state index in [4.69, 9.17) is 5.11 Å². The highest BCUT2D eigenvalue weighted by atomic mass is 16.3. The van der Waals surface area contributed by atoms with E-state index in [1.807, 2.05) is 0 Å². The molecule has 0 aliphatic heterocycles. The Hall–Kier alpha value is -0.0800. The third kappa shape index (κ3) is 5.80. The summed E-state index contributed by atoms with van der Waals surface area (Å²) in [5, 5.41) is 11.8. The van der Waals surface area contributed by atoms with Crippen molar-refractivity contribution in [2.45, 2.75) is 32.9 Å². The Morgan fingerprint density at radius 1 is 1.33 bits per heavy atom. The summed E-state index contributed by atoms with van der Waals surface area (Å²) >= 11 is 0. The average molecular weight is 131 g/mol. The molecule has 0 saturated carbocycles. The number of hydrogen-bond acceptors (Lipinski definition) is 2. The molecule has 0 amide bonds. The Kier molecular flexibility index (Phi) is 4.72. The number of rotatable bonds is 4. The predicted octanol–water partition coefficient (Wildman–Crippen LogP) is 0.960. The molecule has 0 saturated heterocycles. The lowest BCUT2D eigenvalue weighted by molar-refractivity contribution is 0.130. The summed E-state index contributed by atoms with van der Waals surface area (Å²) < 4.78 is 0. The van der Waals surface area contributed by atoms with Crippen LogP contribution in [0.5, 0.6) is 0 Å². The Morgan fingerprint density at radius 2 is 1.89 bits per heavy atom. The van der Waals surface area contributed by atoms with Crippen molar-refractivity contribution < 1.29 is 5.11 Å². The fraction of sp³-hybridized carbons (Fsp3) is 1.00. The zero-order valence-corrected chi connectivity index (χ0v) is 6.52. The SMILES string of the molecule is CN[C@@H](O)CCC(C)C. The van der Waals surface area contributed by atoms with Gasteiger partial charge in [-0.25, -0.2) is 0 Å². The maximum absolute atomic E-state index is 9.00. The first-order chi connectivity index (χ1) is 4.16. The monoisotopic (exact) mass is 131 g/mol. The van der Waals surface area contributed by atoms with Gasteiger partial charge in [-0.1, -0.05) is 13.8 Å². The van der Waals surface area contributed by atoms with Gasteiger partial charge in [0, 0.05) is 0 Å². The molecule has 2 nitrogen and oxygen atoms in total. The number of aliphatic hydroxyl groups is 1. The third-order valence-corrected chi connectivity index (χ3v) is 1.35. The highest BCUT2D eigenvalue weighted by Gasteiger charge is 2.00. The lowest BCUT2D eigenvalue weighted by atomic mass is 10.1. The molecular weight excluding hydrogens is 114 g/mol. The third-order valence-electron chi connectivity index (χ3n) is 1.35. The summed E-state index contributed by atoms with van der Waals surface area (Å²) in [4.78, 5) is 0. The van der Waals surface area contributed by atoms with E-state index in [1.54, 1.807) is 7.05 Å². The van der Waals surface area contributed by atoms with Crippen molar-refractivity contribution in [3.05, 3.63) is 0 Å². The molecule has 0 aliphatic carbocycles. The normalized spacial score (nSPS) is 14.3. The summed E-state index contributed by atoms with van der Waals surface area (Å²) in [6, 6.07) is 0. The van der Waals surface area contributed by atoms with Gasteiger partial charge in [-0.3, -0.25) is 5.32 Å². The van der Waals surface area contributed by atoms with Gasteiger partial charge in [0.05, 0.1) is 0 Å². The van der Waals surface area contributed by atoms with Crippen LogP contribution in [0.2, 0.25) is 0 Å². The van der Waals surface area contributed by atoms with Crippen molar-refractivity contribution in [3.63, 3.8) is 0 Å². The summed E-state index contributed by atoms with van der Waals surface area (Å²) in [5.41, 5.74) is 0. The lowest BCUT2D eigenvalue weighted by Gasteiger charge is -2.09. The van der Waals surface area contributed by atoms with E-state index < -0.39 is 0 Å². The van der Waals surface area contributed by atoms with Crippen LogP contribution in [0.25, 0.3) is 0 Å². The summed E-state index contributed by atoms with van der Waals surface area (Å²) in [7, 11) is 1.77. The van der Waals surface area contributed by atoms with Crippen LogP contribution in [0, 0.1) is 5.92 Å². The minimum absolute atomic E-state index is 0.313. The molecule has 0 aromatic heterocycles. The zero-order chi connectivity index (χ0) is 7.28. The quantitative estimate of drug-likeness (QED) is 0.557. The first kappa shape index (κ1) is 8.92. The molecular formula is C7H17NO. The van der Waals surface area contributed by atoms with E-state index in [2.05, 4.69) is 19.2 Å². The van der Waals surface area contributed by atoms with Gasteiger partial charge in [-0.15, -0.1) is 0 Å². The lowest BCUT2D eigenvalue weighted by Crippen LogP contribution is -2.24. The molecule has 0 heterocycles. The number of hydrogen-bond donors (Lipinski definition) is 2. The van der Waals surface area contributed by atoms with Crippen LogP contribution < -0.4 is 5.32 Å².